The van der Waals surface area contributed by atoms with Gasteiger partial charge in [0.15, 0.2) is 0 Å². The van der Waals surface area contributed by atoms with Crippen LogP contribution in [0.5, 0.6) is 0 Å². The summed E-state index contributed by atoms with van der Waals surface area (Å²) in [6.45, 7) is 13.5. The third-order valence-corrected chi connectivity index (χ3v) is 4.41. The molecule has 0 saturated heterocycles. The van der Waals surface area contributed by atoms with E-state index in [9.17, 15) is 4.79 Å². The van der Waals surface area contributed by atoms with Gasteiger partial charge in [0.1, 0.15) is 13.2 Å². The van der Waals surface area contributed by atoms with Gasteiger partial charge in [0.05, 0.1) is 145 Å². The van der Waals surface area contributed by atoms with Crippen LogP contribution in [-0.4, -0.2) is 163 Å². The number of carboxylic acid groups (broad SMARTS) is 1. The van der Waals surface area contributed by atoms with Crippen molar-refractivity contribution in [2.75, 3.05) is 152 Å². The highest BCUT2D eigenvalue weighted by Crippen LogP contribution is 1.87. The zero-order chi connectivity index (χ0) is 29.0. The first-order valence-corrected chi connectivity index (χ1v) is 13.6. The van der Waals surface area contributed by atoms with Gasteiger partial charge in [-0.2, -0.15) is 0 Å². The van der Waals surface area contributed by atoms with E-state index in [-0.39, 0.29) is 13.2 Å². The number of hydrogen-bond donors (Lipinski definition) is 1. The van der Waals surface area contributed by atoms with Crippen LogP contribution in [0, 0.1) is 0 Å². The van der Waals surface area contributed by atoms with E-state index in [2.05, 4.69) is 6.58 Å². The van der Waals surface area contributed by atoms with Gasteiger partial charge >= 0.3 is 5.97 Å². The Morgan fingerprint density at radius 3 is 0.800 bits per heavy atom. The van der Waals surface area contributed by atoms with Crippen LogP contribution in [0.2, 0.25) is 0 Å². The van der Waals surface area contributed by atoms with E-state index in [1.807, 2.05) is 0 Å². The summed E-state index contributed by atoms with van der Waals surface area (Å²) >= 11 is 0. The summed E-state index contributed by atoms with van der Waals surface area (Å²) in [7, 11) is 0. The Labute approximate surface area is 237 Å². The monoisotopic (exact) mass is 586 g/mol. The van der Waals surface area contributed by atoms with Crippen LogP contribution < -0.4 is 0 Å². The zero-order valence-corrected chi connectivity index (χ0v) is 23.8. The van der Waals surface area contributed by atoms with Gasteiger partial charge in [0.2, 0.25) is 0 Å². The summed E-state index contributed by atoms with van der Waals surface area (Å²) < 4.78 is 63.6. The maximum absolute atomic E-state index is 10.2. The molecule has 0 spiro atoms. The van der Waals surface area contributed by atoms with E-state index in [4.69, 9.17) is 61.9 Å². The van der Waals surface area contributed by atoms with Crippen molar-refractivity contribution < 1.29 is 66.7 Å². The molecule has 0 bridgehead atoms. The van der Waals surface area contributed by atoms with Gasteiger partial charge < -0.3 is 61.9 Å². The van der Waals surface area contributed by atoms with Gasteiger partial charge in [0, 0.05) is 0 Å². The first-order valence-electron chi connectivity index (χ1n) is 13.6. The quantitative estimate of drug-likeness (QED) is 0.0798. The molecular formula is C26H50O14. The average molecular weight is 587 g/mol. The molecule has 0 amide bonds. The Balaban J connectivity index is 3.03. The van der Waals surface area contributed by atoms with E-state index in [1.165, 1.54) is 6.26 Å². The second-order valence-corrected chi connectivity index (χ2v) is 7.61. The zero-order valence-electron chi connectivity index (χ0n) is 23.8. The van der Waals surface area contributed by atoms with Gasteiger partial charge in [-0.3, -0.25) is 0 Å². The predicted molar refractivity (Wildman–Crippen MR) is 143 cm³/mol. The molecule has 0 aliphatic rings. The van der Waals surface area contributed by atoms with Crippen LogP contribution in [0.15, 0.2) is 12.8 Å². The Bertz CT molecular complexity index is 512. The van der Waals surface area contributed by atoms with Crippen molar-refractivity contribution in [3.8, 4) is 0 Å². The Hall–Kier alpha value is -1.43. The molecule has 1 N–H and O–H groups in total. The van der Waals surface area contributed by atoms with Crippen molar-refractivity contribution in [2.45, 2.75) is 0 Å². The molecule has 14 nitrogen and oxygen atoms in total. The van der Waals surface area contributed by atoms with Crippen molar-refractivity contribution in [3.05, 3.63) is 12.8 Å². The highest BCUT2D eigenvalue weighted by atomic mass is 16.6. The number of hydrogen-bond acceptors (Lipinski definition) is 13. The highest BCUT2D eigenvalue weighted by molar-refractivity contribution is 5.67. The van der Waals surface area contributed by atoms with Crippen molar-refractivity contribution in [1.29, 1.82) is 0 Å². The fourth-order valence-electron chi connectivity index (χ4n) is 2.55. The van der Waals surface area contributed by atoms with Gasteiger partial charge in [-0.1, -0.05) is 6.58 Å². The smallest absolute Gasteiger partial charge is 0.329 e. The largest absolute Gasteiger partial charge is 0.499 e. The molecule has 238 valence electrons. The maximum Gasteiger partial charge on any atom is 0.329 e. The highest BCUT2D eigenvalue weighted by Gasteiger charge is 1.97. The summed E-state index contributed by atoms with van der Waals surface area (Å²) in [6.07, 6.45) is 1.39. The van der Waals surface area contributed by atoms with E-state index in [1.54, 1.807) is 0 Å². The van der Waals surface area contributed by atoms with Crippen LogP contribution in [0.25, 0.3) is 0 Å². The van der Waals surface area contributed by atoms with E-state index in [0.29, 0.717) is 139 Å². The van der Waals surface area contributed by atoms with E-state index >= 15 is 0 Å². The minimum absolute atomic E-state index is 0.242. The Kier molecular flexibility index (Phi) is 34.3. The number of carbonyl (C=O) groups is 1. The lowest BCUT2D eigenvalue weighted by molar-refractivity contribution is -0.142. The van der Waals surface area contributed by atoms with Crippen molar-refractivity contribution in [3.63, 3.8) is 0 Å². The first-order chi connectivity index (χ1) is 19.8. The molecule has 0 aromatic heterocycles. The molecule has 0 unspecified atom stereocenters. The normalized spacial score (nSPS) is 11.2. The minimum atomic E-state index is -0.996. The SMILES string of the molecule is C=COCCOCCOCCOCCOCCOCCOCCOCCOCCOCCOCCOCC(=O)O. The summed E-state index contributed by atoms with van der Waals surface area (Å²) in [5, 5.41) is 8.41. The van der Waals surface area contributed by atoms with E-state index in [0.717, 1.165) is 0 Å². The Morgan fingerprint density at radius 1 is 0.400 bits per heavy atom. The van der Waals surface area contributed by atoms with E-state index < -0.39 is 5.97 Å². The lowest BCUT2D eigenvalue weighted by Gasteiger charge is -2.09. The molecule has 0 fully saturated rings. The molecule has 0 aliphatic carbocycles. The molecule has 0 aromatic rings. The number of ether oxygens (including phenoxy) is 12. The van der Waals surface area contributed by atoms with Crippen LogP contribution in [0.3, 0.4) is 0 Å². The summed E-state index contributed by atoms with van der Waals surface area (Å²) in [5.74, 6) is -0.996. The molecule has 14 heteroatoms. The fourth-order valence-corrected chi connectivity index (χ4v) is 2.55. The summed E-state index contributed by atoms with van der Waals surface area (Å²) in [6, 6.07) is 0. The molecule has 0 aromatic carbocycles. The standard InChI is InChI=1S/C26H50O14/c1-2-29-3-4-30-5-6-31-7-8-32-9-10-33-11-12-34-13-14-35-15-16-36-17-18-37-19-20-38-21-22-39-23-24-40-25-26(27)28/h2H,1,3-25H2,(H,27,28). The summed E-state index contributed by atoms with van der Waals surface area (Å²) in [4.78, 5) is 10.2. The maximum atomic E-state index is 10.2. The molecule has 0 rings (SSSR count). The van der Waals surface area contributed by atoms with Gasteiger partial charge in [-0.25, -0.2) is 4.79 Å². The molecular weight excluding hydrogens is 536 g/mol. The summed E-state index contributed by atoms with van der Waals surface area (Å²) in [5.41, 5.74) is 0. The third-order valence-electron chi connectivity index (χ3n) is 4.41. The van der Waals surface area contributed by atoms with Crippen molar-refractivity contribution in [1.82, 2.24) is 0 Å². The van der Waals surface area contributed by atoms with Crippen LogP contribution in [-0.2, 0) is 61.6 Å². The molecule has 0 saturated carbocycles. The molecule has 0 radical (unpaired) electrons. The van der Waals surface area contributed by atoms with Crippen LogP contribution in [0.4, 0.5) is 0 Å². The van der Waals surface area contributed by atoms with Crippen LogP contribution >= 0.6 is 0 Å². The Morgan fingerprint density at radius 2 is 0.600 bits per heavy atom. The lowest BCUT2D eigenvalue weighted by atomic mass is 10.6. The molecule has 0 aliphatic heterocycles. The number of rotatable bonds is 36. The topological polar surface area (TPSA) is 148 Å². The first kappa shape index (κ1) is 38.6. The van der Waals surface area contributed by atoms with Crippen LogP contribution in [0.1, 0.15) is 0 Å². The van der Waals surface area contributed by atoms with Crippen molar-refractivity contribution >= 4 is 5.97 Å². The average Bonchev–Trinajstić information content (AvgIpc) is 2.95. The third kappa shape index (κ3) is 36.6. The molecule has 40 heavy (non-hydrogen) atoms. The molecule has 0 atom stereocenters. The van der Waals surface area contributed by atoms with Gasteiger partial charge in [-0.05, 0) is 0 Å². The predicted octanol–water partition coefficient (Wildman–Crippen LogP) is 0.414. The molecule has 0 heterocycles. The second-order valence-electron chi connectivity index (χ2n) is 7.61. The van der Waals surface area contributed by atoms with Gasteiger partial charge in [-0.15, -0.1) is 0 Å². The lowest BCUT2D eigenvalue weighted by Crippen LogP contribution is -2.15. The second kappa shape index (κ2) is 35.6. The number of aliphatic carboxylic acids is 1. The van der Waals surface area contributed by atoms with Crippen molar-refractivity contribution in [2.24, 2.45) is 0 Å². The fraction of sp³-hybridized carbons (Fsp3) is 0.885. The number of carboxylic acids is 1. The minimum Gasteiger partial charge on any atom is -0.499 e. The van der Waals surface area contributed by atoms with Gasteiger partial charge in [0.25, 0.3) is 0 Å².